The molecule has 6 aliphatic rings. The number of methoxy groups -OCH3 is 4. The Morgan fingerprint density at radius 1 is 0.382 bits per heavy atom. The van der Waals surface area contributed by atoms with E-state index < -0.39 is 119 Å². The average Bonchev–Trinajstić information content (AvgIpc) is 4.22. The van der Waals surface area contributed by atoms with Crippen molar-refractivity contribution >= 4 is 142 Å². The molecule has 76 heavy (non-hydrogen) atoms. The molecule has 0 atom stereocenters. The van der Waals surface area contributed by atoms with Gasteiger partial charge in [0.15, 0.2) is 0 Å². The predicted octanol–water partition coefficient (Wildman–Crippen LogP) is 11.0. The van der Waals surface area contributed by atoms with Crippen molar-refractivity contribution in [3.8, 4) is 0 Å². The van der Waals surface area contributed by atoms with E-state index in [0.29, 0.717) is 36.5 Å². The van der Waals surface area contributed by atoms with Crippen molar-refractivity contribution in [1.82, 2.24) is 9.80 Å². The fraction of sp³-hybridized carbons (Fsp3) is 0.300. The van der Waals surface area contributed by atoms with Crippen molar-refractivity contribution in [3.63, 3.8) is 0 Å². The van der Waals surface area contributed by atoms with Gasteiger partial charge in [-0.25, -0.2) is 19.2 Å². The molecule has 6 aliphatic heterocycles. The van der Waals surface area contributed by atoms with Crippen LogP contribution in [0.3, 0.4) is 0 Å². The summed E-state index contributed by atoms with van der Waals surface area (Å²) in [5.41, 5.74) is -1.80. The lowest BCUT2D eigenvalue weighted by Crippen LogP contribution is -2.57. The van der Waals surface area contributed by atoms with E-state index in [1.807, 2.05) is 0 Å². The molecule has 2 aromatic carbocycles. The van der Waals surface area contributed by atoms with Gasteiger partial charge >= 0.3 is 59.9 Å². The maximum absolute atomic E-state index is 13.9. The average molecular weight is 1240 g/mol. The Balaban J connectivity index is 0.000000221. The number of rotatable bonds is 10. The number of carbonyl (C=O) groups excluding carboxylic acids is 8. The number of thioether (sulfide) groups is 8. The van der Waals surface area contributed by atoms with Crippen molar-refractivity contribution in [2.24, 2.45) is 0 Å². The first-order valence-electron chi connectivity index (χ1n) is 19.5. The van der Waals surface area contributed by atoms with Gasteiger partial charge in [-0.15, -0.1) is 0 Å². The third-order valence-electron chi connectivity index (χ3n) is 10.2. The second kappa shape index (κ2) is 20.9. The highest BCUT2D eigenvalue weighted by atomic mass is 32.2. The third-order valence-corrected chi connectivity index (χ3v) is 21.4. The standard InChI is InChI=1S/2C20H10F7NO6S4/c2*1-33-14(31)10-11(15(32)34-2)38-17(37-10)16-35-8-3-6-7(4-9(8)36-16)13(30)28(12(6)29)5-18(21,22)19(23,24)20(25,26)27/h2*3-4H,5H2,1-2H3. The van der Waals surface area contributed by atoms with Crippen LogP contribution in [-0.4, -0.2) is 135 Å². The molecule has 0 aliphatic carbocycles. The molecule has 0 aromatic heterocycles. The van der Waals surface area contributed by atoms with Crippen LogP contribution in [-0.2, 0) is 38.1 Å². The molecule has 6 heterocycles. The molecule has 0 saturated carbocycles. The number of esters is 4. The van der Waals surface area contributed by atoms with Gasteiger partial charge in [-0.3, -0.25) is 29.0 Å². The van der Waals surface area contributed by atoms with Crippen LogP contribution in [0.2, 0.25) is 0 Å². The molecule has 8 rings (SSSR count). The molecule has 0 unspecified atom stereocenters. The van der Waals surface area contributed by atoms with Gasteiger partial charge in [0.25, 0.3) is 23.6 Å². The first kappa shape index (κ1) is 59.0. The molecule has 0 radical (unpaired) electrons. The summed E-state index contributed by atoms with van der Waals surface area (Å²) in [5, 5.41) is 0. The molecule has 0 spiro atoms. The Morgan fingerprint density at radius 3 is 0.763 bits per heavy atom. The minimum absolute atomic E-state index is 0.0240. The number of halogens is 14. The van der Waals surface area contributed by atoms with Gasteiger partial charge in [-0.05, 0) is 24.3 Å². The van der Waals surface area contributed by atoms with E-state index in [-0.39, 0.29) is 29.4 Å². The van der Waals surface area contributed by atoms with E-state index in [4.69, 9.17) is 0 Å². The van der Waals surface area contributed by atoms with Crippen LogP contribution in [0.1, 0.15) is 41.4 Å². The first-order chi connectivity index (χ1) is 35.1. The van der Waals surface area contributed by atoms with Crippen LogP contribution in [0.15, 0.2) is 80.4 Å². The third kappa shape index (κ3) is 10.3. The van der Waals surface area contributed by atoms with E-state index in [9.17, 15) is 99.8 Å². The normalized spacial score (nSPS) is 17.9. The second-order valence-electron chi connectivity index (χ2n) is 14.9. The number of hydrogen-bond acceptors (Lipinski definition) is 20. The molecule has 14 nitrogen and oxygen atoms in total. The molecule has 0 N–H and O–H groups in total. The van der Waals surface area contributed by atoms with Gasteiger partial charge in [0.2, 0.25) is 0 Å². The van der Waals surface area contributed by atoms with Crippen LogP contribution in [0.4, 0.5) is 61.5 Å². The number of fused-ring (bicyclic) bond motifs is 4. The van der Waals surface area contributed by atoms with Gasteiger partial charge in [-0.1, -0.05) is 94.1 Å². The summed E-state index contributed by atoms with van der Waals surface area (Å²) in [6.45, 7) is -4.95. The number of alkyl halides is 14. The largest absolute Gasteiger partial charge is 0.465 e. The number of benzene rings is 2. The summed E-state index contributed by atoms with van der Waals surface area (Å²) < 4.78 is 204. The Kier molecular flexibility index (Phi) is 16.2. The summed E-state index contributed by atoms with van der Waals surface area (Å²) in [6, 6.07) is 4.54. The van der Waals surface area contributed by atoms with E-state index in [1.165, 1.54) is 0 Å². The topological polar surface area (TPSA) is 180 Å². The number of carbonyl (C=O) groups is 8. The highest BCUT2D eigenvalue weighted by Gasteiger charge is 2.75. The van der Waals surface area contributed by atoms with Gasteiger partial charge in [0.1, 0.15) is 19.6 Å². The van der Waals surface area contributed by atoms with Crippen molar-refractivity contribution in [2.75, 3.05) is 41.5 Å². The Hall–Kier alpha value is -4.62. The molecule has 2 aromatic rings. The lowest BCUT2D eigenvalue weighted by atomic mass is 10.1. The fourth-order valence-corrected chi connectivity index (χ4v) is 17.2. The molecular formula is C40H20F14N2O12S8. The Morgan fingerprint density at radius 2 is 0.579 bits per heavy atom. The molecule has 408 valence electrons. The monoisotopic (exact) mass is 1240 g/mol. The maximum atomic E-state index is 13.9. The quantitative estimate of drug-likeness (QED) is 0.0947. The lowest BCUT2D eigenvalue weighted by Gasteiger charge is -2.30. The second-order valence-corrected chi connectivity index (χ2v) is 24.2. The summed E-state index contributed by atoms with van der Waals surface area (Å²) in [6.07, 6.45) is -13.2. The van der Waals surface area contributed by atoms with E-state index in [2.05, 4.69) is 18.9 Å². The van der Waals surface area contributed by atoms with Crippen molar-refractivity contribution in [3.05, 3.63) is 83.1 Å². The van der Waals surface area contributed by atoms with E-state index in [0.717, 1.165) is 147 Å². The van der Waals surface area contributed by atoms with Crippen molar-refractivity contribution < 1.29 is 119 Å². The van der Waals surface area contributed by atoms with Crippen LogP contribution in [0.5, 0.6) is 0 Å². The summed E-state index contributed by atoms with van der Waals surface area (Å²) >= 11 is 7.83. The zero-order chi connectivity index (χ0) is 56.7. The zero-order valence-corrected chi connectivity index (χ0v) is 43.6. The molecule has 0 fully saturated rings. The van der Waals surface area contributed by atoms with Crippen molar-refractivity contribution in [2.45, 2.75) is 55.6 Å². The maximum Gasteiger partial charge on any atom is 0.459 e. The van der Waals surface area contributed by atoms with Gasteiger partial charge in [0, 0.05) is 19.6 Å². The number of amides is 4. The van der Waals surface area contributed by atoms with Crippen molar-refractivity contribution in [1.29, 1.82) is 0 Å². The molecule has 0 saturated heterocycles. The smallest absolute Gasteiger partial charge is 0.459 e. The van der Waals surface area contributed by atoms with Crippen LogP contribution in [0, 0.1) is 0 Å². The number of hydrogen-bond donors (Lipinski definition) is 0. The van der Waals surface area contributed by atoms with Crippen LogP contribution in [0.25, 0.3) is 0 Å². The number of nitrogens with zero attached hydrogens (tertiary/aromatic N) is 2. The van der Waals surface area contributed by atoms with Gasteiger partial charge in [0.05, 0.1) is 80.7 Å². The predicted molar refractivity (Wildman–Crippen MR) is 245 cm³/mol. The Labute approximate surface area is 447 Å². The number of imide groups is 2. The molecular weight excluding hydrogens is 1220 g/mol. The molecule has 4 amide bonds. The van der Waals surface area contributed by atoms with Gasteiger partial charge < -0.3 is 18.9 Å². The highest BCUT2D eigenvalue weighted by Crippen LogP contribution is 2.63. The lowest BCUT2D eigenvalue weighted by molar-refractivity contribution is -0.354. The fourth-order valence-electron chi connectivity index (χ4n) is 6.49. The molecule has 36 heteroatoms. The minimum atomic E-state index is -6.61. The highest BCUT2D eigenvalue weighted by molar-refractivity contribution is 8.34. The van der Waals surface area contributed by atoms with E-state index in [1.54, 1.807) is 0 Å². The zero-order valence-electron chi connectivity index (χ0n) is 37.1. The first-order valence-corrected chi connectivity index (χ1v) is 26.1. The minimum Gasteiger partial charge on any atom is -0.465 e. The summed E-state index contributed by atoms with van der Waals surface area (Å²) in [7, 11) is 4.48. The molecule has 0 bridgehead atoms. The van der Waals surface area contributed by atoms with Gasteiger partial charge in [-0.2, -0.15) is 61.5 Å². The van der Waals surface area contributed by atoms with Crippen LogP contribution >= 0.6 is 94.1 Å². The summed E-state index contributed by atoms with van der Waals surface area (Å²) in [5.74, 6) is -33.5. The Bertz CT molecular complexity index is 2770. The number of ether oxygens (including phenoxy) is 4. The van der Waals surface area contributed by atoms with Crippen LogP contribution < -0.4 is 0 Å². The SMILES string of the molecule is COC(=O)C1=C(C(=O)OC)SC(=C2Sc3cc4c(cc3S2)C(=O)N(CC(F)(F)C(F)(F)C(F)(F)F)C4=O)S1.COC(=O)C1=C(C(=O)OC)SC(=C2Sc3cc4c(cc3S2)C(=O)N(CC(F)(F)C(F)(F)C(F)(F)F)C4=O)S1. The summed E-state index contributed by atoms with van der Waals surface area (Å²) in [4.78, 5) is 99.3. The van der Waals surface area contributed by atoms with E-state index >= 15 is 0 Å².